The number of nitrogens with zero attached hydrogens (tertiary/aromatic N) is 2. The molecule has 0 radical (unpaired) electrons. The van der Waals surface area contributed by atoms with E-state index in [-0.39, 0.29) is 18.6 Å². The fraction of sp³-hybridized carbons (Fsp3) is 0.692. The van der Waals surface area contributed by atoms with Gasteiger partial charge in [0.1, 0.15) is 4.88 Å². The second-order valence-electron chi connectivity index (χ2n) is 4.89. The van der Waals surface area contributed by atoms with E-state index in [0.29, 0.717) is 5.92 Å². The zero-order valence-corrected chi connectivity index (χ0v) is 11.7. The summed E-state index contributed by atoms with van der Waals surface area (Å²) in [5.74, 6) is 0.438. The molecule has 1 saturated heterocycles. The molecule has 1 aromatic rings. The molecule has 0 aromatic carbocycles. The maximum absolute atomic E-state index is 12.4. The summed E-state index contributed by atoms with van der Waals surface area (Å²) in [7, 11) is 0. The Labute approximate surface area is 112 Å². The van der Waals surface area contributed by atoms with Gasteiger partial charge in [0.2, 0.25) is 0 Å². The zero-order chi connectivity index (χ0) is 13.1. The molecule has 2 atom stereocenters. The van der Waals surface area contributed by atoms with Crippen molar-refractivity contribution < 1.29 is 9.90 Å². The van der Waals surface area contributed by atoms with Crippen LogP contribution < -0.4 is 0 Å². The second-order valence-corrected chi connectivity index (χ2v) is 6.01. The molecule has 0 aliphatic carbocycles. The molecule has 100 valence electrons. The summed E-state index contributed by atoms with van der Waals surface area (Å²) in [5.41, 5.74) is 0. The van der Waals surface area contributed by atoms with Gasteiger partial charge in [-0.05, 0) is 32.1 Å². The average molecular weight is 268 g/mol. The van der Waals surface area contributed by atoms with E-state index in [2.05, 4.69) is 11.9 Å². The topological polar surface area (TPSA) is 53.4 Å². The SMILES string of the molecule is CCc1ncc(C(=O)N2CC[C@H](CO)C[C@@H]2C)s1. The maximum atomic E-state index is 12.4. The summed E-state index contributed by atoms with van der Waals surface area (Å²) in [6.45, 7) is 5.07. The van der Waals surface area contributed by atoms with E-state index in [1.165, 1.54) is 11.3 Å². The Morgan fingerprint density at radius 1 is 1.67 bits per heavy atom. The summed E-state index contributed by atoms with van der Waals surface area (Å²) < 4.78 is 0. The molecule has 0 spiro atoms. The molecule has 0 saturated carbocycles. The minimum absolute atomic E-state index is 0.0936. The molecule has 1 N–H and O–H groups in total. The van der Waals surface area contributed by atoms with Crippen molar-refractivity contribution in [1.82, 2.24) is 9.88 Å². The number of aromatic nitrogens is 1. The average Bonchev–Trinajstić information content (AvgIpc) is 2.86. The van der Waals surface area contributed by atoms with Gasteiger partial charge in [0.05, 0.1) is 11.2 Å². The lowest BCUT2D eigenvalue weighted by atomic mass is 9.92. The van der Waals surface area contributed by atoms with Crippen LogP contribution in [0.4, 0.5) is 0 Å². The van der Waals surface area contributed by atoms with Crippen LogP contribution in [0.2, 0.25) is 0 Å². The first-order valence-electron chi connectivity index (χ1n) is 6.52. The summed E-state index contributed by atoms with van der Waals surface area (Å²) in [6, 6.07) is 0.204. The zero-order valence-electron chi connectivity index (χ0n) is 10.9. The molecular formula is C13H20N2O2S. The van der Waals surface area contributed by atoms with Crippen LogP contribution >= 0.6 is 11.3 Å². The summed E-state index contributed by atoms with van der Waals surface area (Å²) in [6.07, 6.45) is 4.35. The normalized spacial score (nSPS) is 24.3. The minimum atomic E-state index is 0.0936. The molecule has 18 heavy (non-hydrogen) atoms. The lowest BCUT2D eigenvalue weighted by molar-refractivity contribution is 0.0519. The first-order chi connectivity index (χ1) is 8.65. The molecule has 4 nitrogen and oxygen atoms in total. The van der Waals surface area contributed by atoms with Crippen molar-refractivity contribution in [2.75, 3.05) is 13.2 Å². The fourth-order valence-electron chi connectivity index (χ4n) is 2.45. The number of aliphatic hydroxyl groups is 1. The molecule has 1 aliphatic heterocycles. The summed E-state index contributed by atoms with van der Waals surface area (Å²) in [4.78, 5) is 19.3. The van der Waals surface area contributed by atoms with E-state index < -0.39 is 0 Å². The van der Waals surface area contributed by atoms with Gasteiger partial charge in [-0.15, -0.1) is 11.3 Å². The highest BCUT2D eigenvalue weighted by Crippen LogP contribution is 2.25. The Hall–Kier alpha value is -0.940. The minimum Gasteiger partial charge on any atom is -0.396 e. The van der Waals surface area contributed by atoms with Gasteiger partial charge in [-0.3, -0.25) is 4.79 Å². The first kappa shape index (κ1) is 13.5. The number of aryl methyl sites for hydroxylation is 1. The van der Waals surface area contributed by atoms with Gasteiger partial charge < -0.3 is 10.0 Å². The Morgan fingerprint density at radius 2 is 2.44 bits per heavy atom. The van der Waals surface area contributed by atoms with Crippen LogP contribution in [-0.2, 0) is 6.42 Å². The molecule has 1 amide bonds. The molecule has 2 rings (SSSR count). The molecule has 1 aliphatic rings. The van der Waals surface area contributed by atoms with Gasteiger partial charge in [-0.1, -0.05) is 6.92 Å². The van der Waals surface area contributed by atoms with Crippen LogP contribution in [0.15, 0.2) is 6.20 Å². The number of hydrogen-bond donors (Lipinski definition) is 1. The third-order valence-electron chi connectivity index (χ3n) is 3.57. The number of carbonyl (C=O) groups excluding carboxylic acids is 1. The predicted octanol–water partition coefficient (Wildman–Crippen LogP) is 1.94. The van der Waals surface area contributed by atoms with Crippen molar-refractivity contribution in [3.8, 4) is 0 Å². The largest absolute Gasteiger partial charge is 0.396 e. The number of thiazole rings is 1. The highest BCUT2D eigenvalue weighted by molar-refractivity contribution is 7.13. The van der Waals surface area contributed by atoms with E-state index in [1.54, 1.807) is 6.20 Å². The monoisotopic (exact) mass is 268 g/mol. The van der Waals surface area contributed by atoms with Crippen LogP contribution in [-0.4, -0.2) is 40.1 Å². The number of rotatable bonds is 3. The van der Waals surface area contributed by atoms with Gasteiger partial charge in [0.15, 0.2) is 0 Å². The van der Waals surface area contributed by atoms with E-state index in [1.807, 2.05) is 11.8 Å². The van der Waals surface area contributed by atoms with Gasteiger partial charge in [-0.2, -0.15) is 0 Å². The van der Waals surface area contributed by atoms with Crippen LogP contribution in [0.3, 0.4) is 0 Å². The highest BCUT2D eigenvalue weighted by atomic mass is 32.1. The van der Waals surface area contributed by atoms with Gasteiger partial charge >= 0.3 is 0 Å². The predicted molar refractivity (Wildman–Crippen MR) is 71.8 cm³/mol. The number of likely N-dealkylation sites (tertiary alicyclic amines) is 1. The number of aliphatic hydroxyl groups excluding tert-OH is 1. The number of amides is 1. The first-order valence-corrected chi connectivity index (χ1v) is 7.33. The third-order valence-corrected chi connectivity index (χ3v) is 4.70. The lowest BCUT2D eigenvalue weighted by Crippen LogP contribution is -2.45. The van der Waals surface area contributed by atoms with Crippen LogP contribution in [0, 0.1) is 5.92 Å². The van der Waals surface area contributed by atoms with Crippen molar-refractivity contribution in [2.45, 2.75) is 39.2 Å². The third kappa shape index (κ3) is 2.72. The van der Waals surface area contributed by atoms with E-state index in [4.69, 9.17) is 0 Å². The Kier molecular flexibility index (Phi) is 4.35. The van der Waals surface area contributed by atoms with Crippen molar-refractivity contribution in [3.05, 3.63) is 16.1 Å². The summed E-state index contributed by atoms with van der Waals surface area (Å²) in [5, 5.41) is 10.2. The highest BCUT2D eigenvalue weighted by Gasteiger charge is 2.29. The molecule has 5 heteroatoms. The van der Waals surface area contributed by atoms with Crippen LogP contribution in [0.25, 0.3) is 0 Å². The number of piperidine rings is 1. The molecule has 1 aromatic heterocycles. The molecule has 1 fully saturated rings. The fourth-order valence-corrected chi connectivity index (χ4v) is 3.26. The Bertz CT molecular complexity index is 419. The van der Waals surface area contributed by atoms with E-state index >= 15 is 0 Å². The Balaban J connectivity index is 2.05. The quantitative estimate of drug-likeness (QED) is 0.911. The standard InChI is InChI=1S/C13H20N2O2S/c1-3-12-14-7-11(18-12)13(17)15-5-4-10(8-16)6-9(15)2/h7,9-10,16H,3-6,8H2,1-2H3/t9-,10-/m0/s1. The second kappa shape index (κ2) is 5.80. The van der Waals surface area contributed by atoms with Crippen molar-refractivity contribution in [3.63, 3.8) is 0 Å². The van der Waals surface area contributed by atoms with Gasteiger partial charge in [0.25, 0.3) is 5.91 Å². The molecule has 0 unspecified atom stereocenters. The van der Waals surface area contributed by atoms with Crippen LogP contribution in [0.5, 0.6) is 0 Å². The van der Waals surface area contributed by atoms with E-state index in [0.717, 1.165) is 35.7 Å². The lowest BCUT2D eigenvalue weighted by Gasteiger charge is -2.36. The Morgan fingerprint density at radius 3 is 3.00 bits per heavy atom. The number of carbonyl (C=O) groups is 1. The number of hydrogen-bond acceptors (Lipinski definition) is 4. The van der Waals surface area contributed by atoms with Crippen molar-refractivity contribution in [1.29, 1.82) is 0 Å². The molecule has 2 heterocycles. The molecule has 0 bridgehead atoms. The van der Waals surface area contributed by atoms with Gasteiger partial charge in [-0.25, -0.2) is 4.98 Å². The smallest absolute Gasteiger partial charge is 0.265 e. The van der Waals surface area contributed by atoms with Crippen molar-refractivity contribution >= 4 is 17.2 Å². The van der Waals surface area contributed by atoms with E-state index in [9.17, 15) is 9.90 Å². The van der Waals surface area contributed by atoms with Crippen molar-refractivity contribution in [2.24, 2.45) is 5.92 Å². The maximum Gasteiger partial charge on any atom is 0.265 e. The molecular weight excluding hydrogens is 248 g/mol. The van der Waals surface area contributed by atoms with Gasteiger partial charge in [0, 0.05) is 19.2 Å². The summed E-state index contributed by atoms with van der Waals surface area (Å²) >= 11 is 1.49. The van der Waals surface area contributed by atoms with Crippen LogP contribution in [0.1, 0.15) is 41.4 Å².